The molecule has 1 N–H and O–H groups in total. The first-order chi connectivity index (χ1) is 11.3. The summed E-state index contributed by atoms with van der Waals surface area (Å²) >= 11 is 12.4. The number of aromatic carboxylic acids is 1. The molecule has 0 atom stereocenters. The van der Waals surface area contributed by atoms with Crippen molar-refractivity contribution in [2.45, 2.75) is 26.7 Å². The normalized spacial score (nSPS) is 10.8. The van der Waals surface area contributed by atoms with Crippen LogP contribution in [0.5, 0.6) is 17.2 Å². The molecule has 0 spiro atoms. The van der Waals surface area contributed by atoms with Gasteiger partial charge in [-0.1, -0.05) is 37.0 Å². The van der Waals surface area contributed by atoms with Crippen molar-refractivity contribution in [3.8, 4) is 17.2 Å². The molecule has 2 rings (SSSR count). The third kappa shape index (κ3) is 3.60. The summed E-state index contributed by atoms with van der Waals surface area (Å²) in [5, 5.41) is 9.50. The van der Waals surface area contributed by atoms with Crippen molar-refractivity contribution in [3.63, 3.8) is 0 Å². The van der Waals surface area contributed by atoms with Crippen molar-refractivity contribution >= 4 is 29.2 Å². The van der Waals surface area contributed by atoms with Crippen molar-refractivity contribution in [1.29, 1.82) is 0 Å². The van der Waals surface area contributed by atoms with E-state index in [9.17, 15) is 9.90 Å². The smallest absolute Gasteiger partial charge is 0.336 e. The van der Waals surface area contributed by atoms with Gasteiger partial charge in [0.15, 0.2) is 5.75 Å². The SMILES string of the molecule is COc1ccc(Oc2c(Cl)cc(C(=O)O)c(C)c2Cl)cc1C(C)C. The minimum atomic E-state index is -1.09. The molecule has 0 unspecified atom stereocenters. The average Bonchev–Trinajstić information content (AvgIpc) is 2.54. The van der Waals surface area contributed by atoms with Crippen LogP contribution in [-0.2, 0) is 0 Å². The second-order valence-corrected chi connectivity index (χ2v) is 6.42. The highest BCUT2D eigenvalue weighted by Crippen LogP contribution is 2.41. The van der Waals surface area contributed by atoms with Gasteiger partial charge in [-0.05, 0) is 42.7 Å². The number of hydrogen-bond acceptors (Lipinski definition) is 3. The molecule has 4 nitrogen and oxygen atoms in total. The molecule has 2 aromatic rings. The van der Waals surface area contributed by atoms with E-state index in [2.05, 4.69) is 0 Å². The van der Waals surface area contributed by atoms with Gasteiger partial charge in [0.1, 0.15) is 11.5 Å². The van der Waals surface area contributed by atoms with Gasteiger partial charge in [0, 0.05) is 5.56 Å². The Balaban J connectivity index is 2.47. The first kappa shape index (κ1) is 18.4. The van der Waals surface area contributed by atoms with E-state index in [-0.39, 0.29) is 27.3 Å². The summed E-state index contributed by atoms with van der Waals surface area (Å²) in [6.45, 7) is 5.71. The Bertz CT molecular complexity index is 785. The van der Waals surface area contributed by atoms with E-state index in [1.807, 2.05) is 26.0 Å². The molecule has 0 aliphatic carbocycles. The van der Waals surface area contributed by atoms with Gasteiger partial charge in [-0.25, -0.2) is 4.79 Å². The molecule has 0 amide bonds. The molecule has 0 bridgehead atoms. The highest BCUT2D eigenvalue weighted by Gasteiger charge is 2.19. The maximum absolute atomic E-state index is 11.2. The molecule has 0 radical (unpaired) electrons. The maximum atomic E-state index is 11.2. The Morgan fingerprint density at radius 2 is 1.88 bits per heavy atom. The van der Waals surface area contributed by atoms with E-state index < -0.39 is 5.97 Å². The fourth-order valence-electron chi connectivity index (χ4n) is 2.35. The van der Waals surface area contributed by atoms with E-state index >= 15 is 0 Å². The molecule has 0 fully saturated rings. The number of halogens is 2. The van der Waals surface area contributed by atoms with Crippen LogP contribution in [0.25, 0.3) is 0 Å². The number of carbonyl (C=O) groups is 1. The topological polar surface area (TPSA) is 55.8 Å². The molecule has 2 aromatic carbocycles. The summed E-state index contributed by atoms with van der Waals surface area (Å²) in [4.78, 5) is 11.2. The van der Waals surface area contributed by atoms with Crippen LogP contribution in [0.3, 0.4) is 0 Å². The lowest BCUT2D eigenvalue weighted by atomic mass is 10.0. The predicted molar refractivity (Wildman–Crippen MR) is 95.3 cm³/mol. The van der Waals surface area contributed by atoms with Crippen LogP contribution >= 0.6 is 23.2 Å². The Labute approximate surface area is 150 Å². The quantitative estimate of drug-likeness (QED) is 0.710. The molecule has 0 saturated carbocycles. The van der Waals surface area contributed by atoms with Crippen LogP contribution < -0.4 is 9.47 Å². The Morgan fingerprint density at radius 3 is 2.42 bits per heavy atom. The lowest BCUT2D eigenvalue weighted by molar-refractivity contribution is 0.0696. The van der Waals surface area contributed by atoms with Crippen molar-refractivity contribution in [3.05, 3.63) is 51.0 Å². The summed E-state index contributed by atoms with van der Waals surface area (Å²) in [7, 11) is 1.61. The van der Waals surface area contributed by atoms with Crippen LogP contribution in [-0.4, -0.2) is 18.2 Å². The van der Waals surface area contributed by atoms with E-state index in [0.29, 0.717) is 11.3 Å². The van der Waals surface area contributed by atoms with E-state index in [1.165, 1.54) is 6.07 Å². The van der Waals surface area contributed by atoms with Gasteiger partial charge < -0.3 is 14.6 Å². The van der Waals surface area contributed by atoms with E-state index in [1.54, 1.807) is 20.1 Å². The van der Waals surface area contributed by atoms with Crippen molar-refractivity contribution in [2.24, 2.45) is 0 Å². The van der Waals surface area contributed by atoms with Crippen LogP contribution in [0.4, 0.5) is 0 Å². The fourth-order valence-corrected chi connectivity index (χ4v) is 2.89. The summed E-state index contributed by atoms with van der Waals surface area (Å²) in [6, 6.07) is 6.76. The number of hydrogen-bond donors (Lipinski definition) is 1. The molecular formula is C18H18Cl2O4. The molecule has 0 saturated heterocycles. The number of methoxy groups -OCH3 is 1. The fraction of sp³-hybridized carbons (Fsp3) is 0.278. The van der Waals surface area contributed by atoms with Crippen molar-refractivity contribution in [1.82, 2.24) is 0 Å². The van der Waals surface area contributed by atoms with Crippen LogP contribution in [0.1, 0.15) is 41.3 Å². The van der Waals surface area contributed by atoms with Crippen LogP contribution in [0.2, 0.25) is 10.0 Å². The Kier molecular flexibility index (Phi) is 5.62. The van der Waals surface area contributed by atoms with Gasteiger partial charge in [0.05, 0.1) is 22.7 Å². The Morgan fingerprint density at radius 1 is 1.21 bits per heavy atom. The average molecular weight is 369 g/mol. The number of rotatable bonds is 5. The first-order valence-electron chi connectivity index (χ1n) is 7.34. The summed E-state index contributed by atoms with van der Waals surface area (Å²) in [5.41, 5.74) is 1.44. The molecule has 0 aliphatic heterocycles. The minimum absolute atomic E-state index is 0.0509. The molecule has 0 aromatic heterocycles. The van der Waals surface area contributed by atoms with Gasteiger partial charge in [-0.2, -0.15) is 0 Å². The highest BCUT2D eigenvalue weighted by molar-refractivity contribution is 6.38. The first-order valence-corrected chi connectivity index (χ1v) is 8.09. The number of ether oxygens (including phenoxy) is 2. The Hall–Kier alpha value is -1.91. The van der Waals surface area contributed by atoms with Crippen molar-refractivity contribution < 1.29 is 19.4 Å². The molecule has 0 aliphatic rings. The van der Waals surface area contributed by atoms with Crippen LogP contribution in [0.15, 0.2) is 24.3 Å². The van der Waals surface area contributed by atoms with E-state index in [4.69, 9.17) is 32.7 Å². The second-order valence-electron chi connectivity index (χ2n) is 5.64. The molecule has 6 heteroatoms. The zero-order chi connectivity index (χ0) is 18.0. The zero-order valence-electron chi connectivity index (χ0n) is 13.8. The van der Waals surface area contributed by atoms with Gasteiger partial charge in [-0.15, -0.1) is 0 Å². The molecule has 24 heavy (non-hydrogen) atoms. The van der Waals surface area contributed by atoms with E-state index in [0.717, 1.165) is 11.3 Å². The molecular weight excluding hydrogens is 351 g/mol. The summed E-state index contributed by atoms with van der Waals surface area (Å²) in [5.74, 6) is 0.707. The largest absolute Gasteiger partial charge is 0.496 e. The highest BCUT2D eigenvalue weighted by atomic mass is 35.5. The lowest BCUT2D eigenvalue weighted by Gasteiger charge is -2.16. The van der Waals surface area contributed by atoms with Gasteiger partial charge >= 0.3 is 5.97 Å². The second kappa shape index (κ2) is 7.32. The lowest BCUT2D eigenvalue weighted by Crippen LogP contribution is -2.02. The van der Waals surface area contributed by atoms with Gasteiger partial charge in [0.2, 0.25) is 0 Å². The number of carboxylic acids is 1. The number of carboxylic acid groups (broad SMARTS) is 1. The van der Waals surface area contributed by atoms with Crippen molar-refractivity contribution in [2.75, 3.05) is 7.11 Å². The number of benzene rings is 2. The van der Waals surface area contributed by atoms with Crippen LogP contribution in [0, 0.1) is 6.92 Å². The monoisotopic (exact) mass is 368 g/mol. The third-order valence-corrected chi connectivity index (χ3v) is 4.43. The molecule has 0 heterocycles. The summed E-state index contributed by atoms with van der Waals surface area (Å²) in [6.07, 6.45) is 0. The predicted octanol–water partition coefficient (Wildman–Crippen LogP) is 5.92. The maximum Gasteiger partial charge on any atom is 0.336 e. The van der Waals surface area contributed by atoms with Gasteiger partial charge in [-0.3, -0.25) is 0 Å². The molecule has 128 valence electrons. The van der Waals surface area contributed by atoms with Gasteiger partial charge in [0.25, 0.3) is 0 Å². The third-order valence-electron chi connectivity index (χ3n) is 3.69. The zero-order valence-corrected chi connectivity index (χ0v) is 15.3. The minimum Gasteiger partial charge on any atom is -0.496 e. The summed E-state index contributed by atoms with van der Waals surface area (Å²) < 4.78 is 11.2. The standard InChI is InChI=1S/C18H18Cl2O4/c1-9(2)12-7-11(5-6-15(12)23-4)24-17-14(19)8-13(18(21)22)10(3)16(17)20/h5-9H,1-4H3,(H,21,22).